The Morgan fingerprint density at radius 3 is 2.25 bits per heavy atom. The van der Waals surface area contributed by atoms with E-state index in [0.29, 0.717) is 6.54 Å². The Kier molecular flexibility index (Phi) is 12.8. The van der Waals surface area contributed by atoms with Gasteiger partial charge in [0.05, 0.1) is 0 Å². The van der Waals surface area contributed by atoms with Crippen LogP contribution in [0.25, 0.3) is 0 Å². The van der Waals surface area contributed by atoms with Crippen molar-refractivity contribution in [3.8, 4) is 0 Å². The summed E-state index contributed by atoms with van der Waals surface area (Å²) in [4.78, 5) is 23.5. The molecule has 0 fully saturated rings. The van der Waals surface area contributed by atoms with Gasteiger partial charge in [0, 0.05) is 19.7 Å². The summed E-state index contributed by atoms with van der Waals surface area (Å²) in [5.74, 6) is -0.421. The van der Waals surface area contributed by atoms with E-state index in [1.807, 2.05) is 27.7 Å². The molecule has 20 heavy (non-hydrogen) atoms. The lowest BCUT2D eigenvalue weighted by Crippen LogP contribution is -2.52. The topological polar surface area (TPSA) is 79.5 Å². The third-order valence-electron chi connectivity index (χ3n) is 2.68. The predicted octanol–water partition coefficient (Wildman–Crippen LogP) is 0.310. The average molecular weight is 310 g/mol. The fourth-order valence-electron chi connectivity index (χ4n) is 1.67. The van der Waals surface area contributed by atoms with Crippen LogP contribution in [0.1, 0.15) is 27.7 Å². The number of carbonyl (C=O) groups excluding carboxylic acids is 2. The number of likely N-dealkylation sites (N-methyl/N-ethyl adjacent to an activating group) is 1. The number of hydrogen-bond donors (Lipinski definition) is 3. The average Bonchev–Trinajstić information content (AvgIpc) is 2.33. The fraction of sp³-hybridized carbons (Fsp3) is 0.846. The highest BCUT2D eigenvalue weighted by Crippen LogP contribution is 2.01. The second-order valence-corrected chi connectivity index (χ2v) is 4.93. The van der Waals surface area contributed by atoms with Crippen LogP contribution >= 0.6 is 12.4 Å². The smallest absolute Gasteiger partial charge is 0.246 e. The Balaban J connectivity index is 0. The van der Waals surface area contributed by atoms with Gasteiger partial charge in [-0.25, -0.2) is 0 Å². The second kappa shape index (κ2) is 11.9. The lowest BCUT2D eigenvalue weighted by molar-refractivity contribution is -0.132. The van der Waals surface area contributed by atoms with Crippen LogP contribution in [0.5, 0.6) is 0 Å². The predicted molar refractivity (Wildman–Crippen MR) is 82.0 cm³/mol. The van der Waals surface area contributed by atoms with Crippen molar-refractivity contribution in [2.45, 2.75) is 39.8 Å². The SMILES string of the molecule is CCN[C@H](C)CNC(=O)[C@@H](NC(=O)COC)C(C)C.Cl. The number of amides is 2. The normalized spacial score (nSPS) is 13.3. The van der Waals surface area contributed by atoms with Gasteiger partial charge in [-0.2, -0.15) is 0 Å². The molecule has 2 atom stereocenters. The van der Waals surface area contributed by atoms with E-state index >= 15 is 0 Å². The number of carbonyl (C=O) groups is 2. The molecule has 0 aromatic heterocycles. The first kappa shape index (κ1) is 21.4. The molecule has 6 nitrogen and oxygen atoms in total. The molecule has 0 aliphatic carbocycles. The van der Waals surface area contributed by atoms with E-state index in [2.05, 4.69) is 16.0 Å². The van der Waals surface area contributed by atoms with Crippen molar-refractivity contribution in [1.29, 1.82) is 0 Å². The molecular formula is C13H28ClN3O3. The summed E-state index contributed by atoms with van der Waals surface area (Å²) in [6.07, 6.45) is 0. The van der Waals surface area contributed by atoms with Gasteiger partial charge in [-0.1, -0.05) is 20.8 Å². The quantitative estimate of drug-likeness (QED) is 0.573. The van der Waals surface area contributed by atoms with E-state index in [1.165, 1.54) is 7.11 Å². The minimum absolute atomic E-state index is 0. The summed E-state index contributed by atoms with van der Waals surface area (Å²) in [6, 6.07) is -0.326. The zero-order valence-electron chi connectivity index (χ0n) is 13.0. The Labute approximate surface area is 127 Å². The molecule has 0 aliphatic heterocycles. The molecule has 0 bridgehead atoms. The van der Waals surface area contributed by atoms with Gasteiger partial charge in [0.1, 0.15) is 12.6 Å². The van der Waals surface area contributed by atoms with E-state index < -0.39 is 6.04 Å². The molecule has 0 aliphatic rings. The molecule has 0 unspecified atom stereocenters. The van der Waals surface area contributed by atoms with Gasteiger partial charge in [0.15, 0.2) is 0 Å². The number of rotatable bonds is 9. The molecule has 0 aromatic carbocycles. The number of hydrogen-bond acceptors (Lipinski definition) is 4. The Bertz CT molecular complexity index is 288. The Hall–Kier alpha value is -0.850. The van der Waals surface area contributed by atoms with E-state index in [1.54, 1.807) is 0 Å². The highest BCUT2D eigenvalue weighted by molar-refractivity contribution is 5.88. The number of nitrogens with one attached hydrogen (secondary N) is 3. The van der Waals surface area contributed by atoms with Crippen molar-refractivity contribution >= 4 is 24.2 Å². The summed E-state index contributed by atoms with van der Waals surface area (Å²) in [6.45, 7) is 9.16. The maximum absolute atomic E-state index is 12.0. The molecule has 0 aromatic rings. The van der Waals surface area contributed by atoms with E-state index in [-0.39, 0.29) is 42.8 Å². The minimum atomic E-state index is -0.531. The first-order chi connectivity index (χ1) is 8.92. The van der Waals surface area contributed by atoms with Gasteiger partial charge < -0.3 is 20.7 Å². The summed E-state index contributed by atoms with van der Waals surface area (Å²) in [7, 11) is 1.45. The molecule has 0 spiro atoms. The lowest BCUT2D eigenvalue weighted by atomic mass is 10.0. The molecule has 7 heteroatoms. The largest absolute Gasteiger partial charge is 0.375 e. The van der Waals surface area contributed by atoms with Crippen molar-refractivity contribution in [2.24, 2.45) is 5.92 Å². The summed E-state index contributed by atoms with van der Waals surface area (Å²) < 4.78 is 4.74. The highest BCUT2D eigenvalue weighted by atomic mass is 35.5. The second-order valence-electron chi connectivity index (χ2n) is 4.93. The van der Waals surface area contributed by atoms with Crippen LogP contribution in [0.15, 0.2) is 0 Å². The van der Waals surface area contributed by atoms with Gasteiger partial charge in [0.25, 0.3) is 0 Å². The summed E-state index contributed by atoms with van der Waals surface area (Å²) >= 11 is 0. The molecule has 0 radical (unpaired) electrons. The van der Waals surface area contributed by atoms with E-state index in [0.717, 1.165) is 6.54 Å². The summed E-state index contributed by atoms with van der Waals surface area (Å²) in [5, 5.41) is 8.72. The van der Waals surface area contributed by atoms with Crippen molar-refractivity contribution < 1.29 is 14.3 Å². The van der Waals surface area contributed by atoms with Gasteiger partial charge in [-0.05, 0) is 19.4 Å². The standard InChI is InChI=1S/C13H27N3O3.ClH/c1-6-14-10(4)7-15-13(18)12(9(2)3)16-11(17)8-19-5;/h9-10,12,14H,6-8H2,1-5H3,(H,15,18)(H,16,17);1H/t10-,12+;/m1./s1. The van der Waals surface area contributed by atoms with Crippen molar-refractivity contribution in [3.63, 3.8) is 0 Å². The third-order valence-corrected chi connectivity index (χ3v) is 2.68. The van der Waals surface area contributed by atoms with Crippen LogP contribution in [0.3, 0.4) is 0 Å². The van der Waals surface area contributed by atoms with Gasteiger partial charge >= 0.3 is 0 Å². The maximum Gasteiger partial charge on any atom is 0.246 e. The molecular weight excluding hydrogens is 282 g/mol. The molecule has 0 saturated heterocycles. The third kappa shape index (κ3) is 9.12. The number of methoxy groups -OCH3 is 1. The first-order valence-corrected chi connectivity index (χ1v) is 6.71. The first-order valence-electron chi connectivity index (χ1n) is 6.71. The van der Waals surface area contributed by atoms with Crippen molar-refractivity contribution in [2.75, 3.05) is 26.8 Å². The molecule has 120 valence electrons. The van der Waals surface area contributed by atoms with E-state index in [9.17, 15) is 9.59 Å². The molecule has 3 N–H and O–H groups in total. The van der Waals surface area contributed by atoms with Crippen LogP contribution in [-0.2, 0) is 14.3 Å². The zero-order valence-corrected chi connectivity index (χ0v) is 13.8. The van der Waals surface area contributed by atoms with Gasteiger partial charge in [-0.15, -0.1) is 12.4 Å². The Morgan fingerprint density at radius 1 is 1.20 bits per heavy atom. The van der Waals surface area contributed by atoms with Crippen LogP contribution in [-0.4, -0.2) is 50.7 Å². The van der Waals surface area contributed by atoms with E-state index in [4.69, 9.17) is 4.74 Å². The van der Waals surface area contributed by atoms with Crippen molar-refractivity contribution in [3.05, 3.63) is 0 Å². The highest BCUT2D eigenvalue weighted by Gasteiger charge is 2.23. The van der Waals surface area contributed by atoms with Crippen LogP contribution in [0.2, 0.25) is 0 Å². The lowest BCUT2D eigenvalue weighted by Gasteiger charge is -2.22. The van der Waals surface area contributed by atoms with Crippen LogP contribution in [0, 0.1) is 5.92 Å². The maximum atomic E-state index is 12.0. The minimum Gasteiger partial charge on any atom is -0.375 e. The van der Waals surface area contributed by atoms with Crippen LogP contribution < -0.4 is 16.0 Å². The molecule has 0 rings (SSSR count). The van der Waals surface area contributed by atoms with Crippen molar-refractivity contribution in [1.82, 2.24) is 16.0 Å². The molecule has 0 saturated carbocycles. The van der Waals surface area contributed by atoms with Gasteiger partial charge in [-0.3, -0.25) is 9.59 Å². The number of halogens is 1. The van der Waals surface area contributed by atoms with Crippen LogP contribution in [0.4, 0.5) is 0 Å². The zero-order chi connectivity index (χ0) is 14.8. The molecule has 0 heterocycles. The number of ether oxygens (including phenoxy) is 1. The monoisotopic (exact) mass is 309 g/mol. The Morgan fingerprint density at radius 2 is 1.80 bits per heavy atom. The van der Waals surface area contributed by atoms with Gasteiger partial charge in [0.2, 0.25) is 11.8 Å². The fourth-order valence-corrected chi connectivity index (χ4v) is 1.67. The summed E-state index contributed by atoms with van der Waals surface area (Å²) in [5.41, 5.74) is 0. The molecule has 2 amide bonds.